The van der Waals surface area contributed by atoms with Gasteiger partial charge < -0.3 is 15.2 Å². The zero-order chi connectivity index (χ0) is 19.2. The van der Waals surface area contributed by atoms with Crippen LogP contribution in [0.25, 0.3) is 0 Å². The van der Waals surface area contributed by atoms with Crippen LogP contribution < -0.4 is 10.5 Å². The third-order valence-electron chi connectivity index (χ3n) is 3.72. The molecule has 0 atom stereocenters. The number of hydrogen-bond donors (Lipinski definition) is 1. The fraction of sp³-hybridized carbons (Fsp3) is 0.353. The maximum atomic E-state index is 13.1. The van der Waals surface area contributed by atoms with Crippen molar-refractivity contribution in [3.8, 4) is 5.75 Å². The molecule has 2 rings (SSSR count). The number of carbonyl (C=O) groups excluding carboxylic acids is 1. The lowest BCUT2D eigenvalue weighted by molar-refractivity contribution is 0.0606. The van der Waals surface area contributed by atoms with Crippen LogP contribution in [0.2, 0.25) is 0 Å². The summed E-state index contributed by atoms with van der Waals surface area (Å²) in [4.78, 5) is 11.9. The molecule has 0 fully saturated rings. The lowest BCUT2D eigenvalue weighted by atomic mass is 10.1. The van der Waals surface area contributed by atoms with Crippen molar-refractivity contribution in [2.75, 3.05) is 33.9 Å². The number of hydrogen-bond acceptors (Lipinski definition) is 7. The molecule has 0 radical (unpaired) electrons. The van der Waals surface area contributed by atoms with Crippen molar-refractivity contribution in [1.82, 2.24) is 4.31 Å². The van der Waals surface area contributed by atoms with Crippen LogP contribution in [0.15, 0.2) is 40.6 Å². The van der Waals surface area contributed by atoms with E-state index in [0.717, 1.165) is 16.9 Å². The molecular formula is C17H23ClN2O5S2. The summed E-state index contributed by atoms with van der Waals surface area (Å²) >= 11 is 0.830. The van der Waals surface area contributed by atoms with Crippen molar-refractivity contribution in [2.24, 2.45) is 5.73 Å². The quantitative estimate of drug-likeness (QED) is 0.607. The Bertz CT molecular complexity index is 840. The number of esters is 1. The lowest BCUT2D eigenvalue weighted by Gasteiger charge is -2.21. The zero-order valence-corrected chi connectivity index (χ0v) is 17.5. The molecule has 7 nitrogen and oxygen atoms in total. The smallest absolute Gasteiger partial charge is 0.348 e. The minimum absolute atomic E-state index is 0. The van der Waals surface area contributed by atoms with Gasteiger partial charge in [-0.25, -0.2) is 13.2 Å². The lowest BCUT2D eigenvalue weighted by Crippen LogP contribution is -2.36. The monoisotopic (exact) mass is 434 g/mol. The largest absolute Gasteiger partial charge is 0.494 e. The maximum Gasteiger partial charge on any atom is 0.348 e. The van der Waals surface area contributed by atoms with Gasteiger partial charge in [0.1, 0.15) is 4.88 Å². The van der Waals surface area contributed by atoms with Gasteiger partial charge in [0.05, 0.1) is 14.2 Å². The topological polar surface area (TPSA) is 98.9 Å². The highest BCUT2D eigenvalue weighted by molar-refractivity contribution is 7.91. The minimum Gasteiger partial charge on any atom is -0.494 e. The standard InChI is InChI=1S/C17H22N2O5S2.ClH/c1-23-14-12-15(16(20)24-2)25-17(14)26(21,22)19(11-9-18)10-8-13-6-4-3-5-7-13;/h3-7,12H,8-11,18H2,1-2H3;1H. The van der Waals surface area contributed by atoms with Gasteiger partial charge >= 0.3 is 5.97 Å². The number of halogens is 1. The first kappa shape index (κ1) is 23.4. The van der Waals surface area contributed by atoms with Crippen molar-refractivity contribution in [1.29, 1.82) is 0 Å². The second-order valence-corrected chi connectivity index (χ2v) is 8.57. The summed E-state index contributed by atoms with van der Waals surface area (Å²) < 4.78 is 37.3. The van der Waals surface area contributed by atoms with E-state index in [0.29, 0.717) is 6.42 Å². The Labute approximate surface area is 169 Å². The molecule has 0 bridgehead atoms. The molecule has 0 spiro atoms. The molecule has 0 aliphatic heterocycles. The van der Waals surface area contributed by atoms with E-state index in [1.54, 1.807) is 0 Å². The molecule has 2 N–H and O–H groups in total. The SMILES string of the molecule is COC(=O)c1cc(OC)c(S(=O)(=O)N(CCN)CCc2ccccc2)s1.Cl. The molecule has 150 valence electrons. The predicted octanol–water partition coefficient (Wildman–Crippen LogP) is 2.16. The van der Waals surface area contributed by atoms with Crippen LogP contribution in [-0.4, -0.2) is 52.5 Å². The van der Waals surface area contributed by atoms with Crippen LogP contribution in [0.1, 0.15) is 15.2 Å². The van der Waals surface area contributed by atoms with Gasteiger partial charge in [-0.15, -0.1) is 23.7 Å². The molecule has 0 unspecified atom stereocenters. The summed E-state index contributed by atoms with van der Waals surface area (Å²) in [5.41, 5.74) is 6.64. The molecule has 2 aromatic rings. The van der Waals surface area contributed by atoms with E-state index in [1.807, 2.05) is 30.3 Å². The molecule has 10 heteroatoms. The Morgan fingerprint density at radius 1 is 1.19 bits per heavy atom. The average molecular weight is 435 g/mol. The molecule has 0 aliphatic carbocycles. The number of nitrogens with zero attached hydrogens (tertiary/aromatic N) is 1. The van der Waals surface area contributed by atoms with E-state index in [4.69, 9.17) is 10.5 Å². The molecule has 0 aliphatic rings. The highest BCUT2D eigenvalue weighted by Gasteiger charge is 2.31. The first-order chi connectivity index (χ1) is 12.4. The number of rotatable bonds is 9. The number of carbonyl (C=O) groups is 1. The van der Waals surface area contributed by atoms with E-state index in [-0.39, 0.29) is 46.9 Å². The minimum atomic E-state index is -3.86. The number of sulfonamides is 1. The van der Waals surface area contributed by atoms with E-state index < -0.39 is 16.0 Å². The Morgan fingerprint density at radius 2 is 1.85 bits per heavy atom. The third kappa shape index (κ3) is 5.66. The molecular weight excluding hydrogens is 412 g/mol. The fourth-order valence-electron chi connectivity index (χ4n) is 2.39. The van der Waals surface area contributed by atoms with Gasteiger partial charge in [-0.1, -0.05) is 30.3 Å². The van der Waals surface area contributed by atoms with Gasteiger partial charge in [0.25, 0.3) is 10.0 Å². The van der Waals surface area contributed by atoms with Crippen LogP contribution in [0.4, 0.5) is 0 Å². The summed E-state index contributed by atoms with van der Waals surface area (Å²) in [5.74, 6) is -0.485. The number of methoxy groups -OCH3 is 2. The Hall–Kier alpha value is -1.65. The second-order valence-electron chi connectivity index (χ2n) is 5.39. The van der Waals surface area contributed by atoms with E-state index in [2.05, 4.69) is 4.74 Å². The van der Waals surface area contributed by atoms with Crippen LogP contribution in [0, 0.1) is 0 Å². The van der Waals surface area contributed by atoms with Gasteiger partial charge in [-0.05, 0) is 12.0 Å². The number of nitrogens with two attached hydrogens (primary N) is 1. The molecule has 1 heterocycles. The highest BCUT2D eigenvalue weighted by atomic mass is 35.5. The summed E-state index contributed by atoms with van der Waals surface area (Å²) in [7, 11) is -1.26. The van der Waals surface area contributed by atoms with Crippen LogP contribution >= 0.6 is 23.7 Å². The van der Waals surface area contributed by atoms with Crippen molar-refractivity contribution >= 4 is 39.7 Å². The number of ether oxygens (including phenoxy) is 2. The first-order valence-electron chi connectivity index (χ1n) is 7.94. The van der Waals surface area contributed by atoms with E-state index in [9.17, 15) is 13.2 Å². The average Bonchev–Trinajstić information content (AvgIpc) is 3.10. The fourth-order valence-corrected chi connectivity index (χ4v) is 5.48. The van der Waals surface area contributed by atoms with Crippen molar-refractivity contribution < 1.29 is 22.7 Å². The van der Waals surface area contributed by atoms with Crippen LogP contribution in [0.3, 0.4) is 0 Å². The van der Waals surface area contributed by atoms with Gasteiger partial charge in [0.15, 0.2) is 9.96 Å². The molecule has 0 amide bonds. The van der Waals surface area contributed by atoms with Gasteiger partial charge in [-0.3, -0.25) is 0 Å². The van der Waals surface area contributed by atoms with Crippen molar-refractivity contribution in [3.63, 3.8) is 0 Å². The second kappa shape index (κ2) is 10.6. The van der Waals surface area contributed by atoms with E-state index >= 15 is 0 Å². The van der Waals surface area contributed by atoms with Gasteiger partial charge in [-0.2, -0.15) is 4.31 Å². The maximum absolute atomic E-state index is 13.1. The van der Waals surface area contributed by atoms with Crippen LogP contribution in [0.5, 0.6) is 5.75 Å². The van der Waals surface area contributed by atoms with E-state index in [1.165, 1.54) is 24.6 Å². The van der Waals surface area contributed by atoms with Crippen molar-refractivity contribution in [2.45, 2.75) is 10.6 Å². The molecule has 1 aromatic heterocycles. The van der Waals surface area contributed by atoms with Gasteiger partial charge in [0.2, 0.25) is 0 Å². The molecule has 27 heavy (non-hydrogen) atoms. The van der Waals surface area contributed by atoms with Crippen LogP contribution in [-0.2, 0) is 21.2 Å². The Balaban J connectivity index is 0.00000364. The molecule has 1 aromatic carbocycles. The zero-order valence-electron chi connectivity index (χ0n) is 15.1. The third-order valence-corrected chi connectivity index (χ3v) is 7.21. The normalized spacial score (nSPS) is 11.1. The molecule has 0 saturated heterocycles. The Kier molecular flexibility index (Phi) is 9.20. The summed E-state index contributed by atoms with van der Waals surface area (Å²) in [6.07, 6.45) is 0.553. The highest BCUT2D eigenvalue weighted by Crippen LogP contribution is 2.35. The predicted molar refractivity (Wildman–Crippen MR) is 107 cm³/mol. The van der Waals surface area contributed by atoms with Gasteiger partial charge in [0, 0.05) is 25.7 Å². The van der Waals surface area contributed by atoms with Crippen molar-refractivity contribution in [3.05, 3.63) is 46.8 Å². The number of benzene rings is 1. The summed E-state index contributed by atoms with van der Waals surface area (Å²) in [6, 6.07) is 11.0. The first-order valence-corrected chi connectivity index (χ1v) is 10.2. The Morgan fingerprint density at radius 3 is 2.41 bits per heavy atom. The summed E-state index contributed by atoms with van der Waals surface area (Å²) in [5, 5.41) is 0. The molecule has 0 saturated carbocycles. The summed E-state index contributed by atoms with van der Waals surface area (Å²) in [6.45, 7) is 0.632. The number of thiophene rings is 1.